The summed E-state index contributed by atoms with van der Waals surface area (Å²) in [6.45, 7) is 3.03. The van der Waals surface area contributed by atoms with Crippen molar-refractivity contribution in [2.45, 2.75) is 31.3 Å². The maximum Gasteiger partial charge on any atom is 0.191 e. The van der Waals surface area contributed by atoms with Crippen LogP contribution < -0.4 is 15.5 Å². The highest BCUT2D eigenvalue weighted by molar-refractivity contribution is 14.0. The van der Waals surface area contributed by atoms with Gasteiger partial charge in [-0.25, -0.2) is 0 Å². The molecule has 0 bridgehead atoms. The van der Waals surface area contributed by atoms with Crippen molar-refractivity contribution in [3.63, 3.8) is 0 Å². The first-order valence-corrected chi connectivity index (χ1v) is 10.0. The quantitative estimate of drug-likeness (QED) is 0.333. The topological polar surface area (TPSA) is 42.9 Å². The van der Waals surface area contributed by atoms with Crippen molar-refractivity contribution < 1.29 is 0 Å². The molecule has 2 aliphatic rings. The number of aliphatic imine (C=N–C) groups is 1. The highest BCUT2D eigenvalue weighted by Gasteiger charge is 2.32. The Bertz CT molecular complexity index is 603. The summed E-state index contributed by atoms with van der Waals surface area (Å²) in [5.74, 6) is 1.77. The molecule has 3 rings (SSSR count). The maximum atomic E-state index is 4.43. The van der Waals surface area contributed by atoms with Gasteiger partial charge in [-0.2, -0.15) is 0 Å². The summed E-state index contributed by atoms with van der Waals surface area (Å²) in [6, 6.07) is 9.47. The second-order valence-corrected chi connectivity index (χ2v) is 8.20. The summed E-state index contributed by atoms with van der Waals surface area (Å²) in [7, 11) is 6.21. The lowest BCUT2D eigenvalue weighted by Gasteiger charge is -2.26. The molecule has 0 aromatic heterocycles. The zero-order chi connectivity index (χ0) is 17.8. The number of anilines is 1. The molecule has 0 spiro atoms. The fraction of sp³-hybridized carbons (Fsp3) is 0.632. The van der Waals surface area contributed by atoms with Gasteiger partial charge in [0.15, 0.2) is 5.96 Å². The predicted octanol–water partition coefficient (Wildman–Crippen LogP) is 3.15. The monoisotopic (exact) mass is 535 g/mol. The SMILES string of the molecule is CN=C(NCC(C1CC1)N(C)C)NC1CCN(c2ccccc2Br)C1.I. The average Bonchev–Trinajstić information content (AvgIpc) is 3.32. The molecule has 26 heavy (non-hydrogen) atoms. The number of hydrogen-bond donors (Lipinski definition) is 2. The summed E-state index contributed by atoms with van der Waals surface area (Å²) < 4.78 is 1.16. The molecule has 2 atom stereocenters. The van der Waals surface area contributed by atoms with Crippen LogP contribution in [0.4, 0.5) is 5.69 Å². The van der Waals surface area contributed by atoms with Gasteiger partial charge in [-0.15, -0.1) is 24.0 Å². The van der Waals surface area contributed by atoms with E-state index in [1.54, 1.807) is 0 Å². The smallest absolute Gasteiger partial charge is 0.191 e. The molecule has 5 nitrogen and oxygen atoms in total. The molecule has 2 fully saturated rings. The Balaban J connectivity index is 0.00000243. The lowest BCUT2D eigenvalue weighted by Crippen LogP contribution is -2.49. The molecule has 7 heteroatoms. The maximum absolute atomic E-state index is 4.43. The van der Waals surface area contributed by atoms with Crippen LogP contribution in [0.2, 0.25) is 0 Å². The van der Waals surface area contributed by atoms with E-state index in [4.69, 9.17) is 0 Å². The lowest BCUT2D eigenvalue weighted by atomic mass is 10.1. The molecule has 1 aliphatic heterocycles. The number of halogens is 2. The van der Waals surface area contributed by atoms with E-state index in [1.807, 2.05) is 7.05 Å². The van der Waals surface area contributed by atoms with Crippen molar-refractivity contribution in [3.8, 4) is 0 Å². The van der Waals surface area contributed by atoms with E-state index in [9.17, 15) is 0 Å². The molecule has 1 heterocycles. The number of nitrogens with zero attached hydrogens (tertiary/aromatic N) is 3. The van der Waals surface area contributed by atoms with Gasteiger partial charge in [0.25, 0.3) is 0 Å². The highest BCUT2D eigenvalue weighted by Crippen LogP contribution is 2.34. The highest BCUT2D eigenvalue weighted by atomic mass is 127. The van der Waals surface area contributed by atoms with Crippen molar-refractivity contribution in [2.75, 3.05) is 45.7 Å². The molecule has 0 amide bonds. The molecule has 2 unspecified atom stereocenters. The van der Waals surface area contributed by atoms with Gasteiger partial charge in [0.1, 0.15) is 0 Å². The number of nitrogens with one attached hydrogen (secondary N) is 2. The summed E-state index contributed by atoms with van der Waals surface area (Å²) in [4.78, 5) is 9.19. The van der Waals surface area contributed by atoms with Crippen LogP contribution in [0.5, 0.6) is 0 Å². The normalized spacial score (nSPS) is 21.5. The molecule has 1 aromatic carbocycles. The lowest BCUT2D eigenvalue weighted by molar-refractivity contribution is 0.264. The van der Waals surface area contributed by atoms with Crippen molar-refractivity contribution >= 4 is 51.6 Å². The largest absolute Gasteiger partial charge is 0.368 e. The van der Waals surface area contributed by atoms with Gasteiger partial charge in [-0.1, -0.05) is 12.1 Å². The van der Waals surface area contributed by atoms with Crippen LogP contribution in [-0.4, -0.2) is 63.7 Å². The summed E-state index contributed by atoms with van der Waals surface area (Å²) in [5, 5.41) is 7.14. The minimum Gasteiger partial charge on any atom is -0.368 e. The van der Waals surface area contributed by atoms with Crippen LogP contribution in [0.1, 0.15) is 19.3 Å². The van der Waals surface area contributed by atoms with Crippen LogP contribution in [0, 0.1) is 5.92 Å². The first-order valence-electron chi connectivity index (χ1n) is 9.21. The minimum absolute atomic E-state index is 0. The number of para-hydroxylation sites is 1. The summed E-state index contributed by atoms with van der Waals surface area (Å²) in [6.07, 6.45) is 3.85. The molecular weight excluding hydrogens is 505 g/mol. The van der Waals surface area contributed by atoms with Crippen LogP contribution >= 0.6 is 39.9 Å². The minimum atomic E-state index is 0. The molecule has 1 aliphatic carbocycles. The van der Waals surface area contributed by atoms with E-state index in [-0.39, 0.29) is 24.0 Å². The van der Waals surface area contributed by atoms with Gasteiger partial charge in [0, 0.05) is 43.2 Å². The zero-order valence-corrected chi connectivity index (χ0v) is 19.8. The van der Waals surface area contributed by atoms with Crippen molar-refractivity contribution in [2.24, 2.45) is 10.9 Å². The third-order valence-electron chi connectivity index (χ3n) is 5.25. The van der Waals surface area contributed by atoms with Gasteiger partial charge in [-0.3, -0.25) is 4.99 Å². The fourth-order valence-corrected chi connectivity index (χ4v) is 4.18. The Morgan fingerprint density at radius 1 is 1.31 bits per heavy atom. The Morgan fingerprint density at radius 3 is 2.65 bits per heavy atom. The van der Waals surface area contributed by atoms with Gasteiger partial charge in [0.05, 0.1) is 5.69 Å². The number of hydrogen-bond acceptors (Lipinski definition) is 3. The molecule has 2 N–H and O–H groups in total. The first kappa shape index (κ1) is 21.8. The number of likely N-dealkylation sites (N-methyl/N-ethyl adjacent to an activating group) is 1. The zero-order valence-electron chi connectivity index (χ0n) is 15.9. The van der Waals surface area contributed by atoms with Crippen LogP contribution in [0.25, 0.3) is 0 Å². The van der Waals surface area contributed by atoms with Gasteiger partial charge in [-0.05, 0) is 67.3 Å². The Labute approximate surface area is 183 Å². The first-order chi connectivity index (χ1) is 12.1. The standard InChI is InChI=1S/C19H30BrN5.HI/c1-21-19(22-12-18(24(2)3)14-8-9-14)23-15-10-11-25(13-15)17-7-5-4-6-16(17)20;/h4-7,14-15,18H,8-13H2,1-3H3,(H2,21,22,23);1H. The van der Waals surface area contributed by atoms with E-state index >= 15 is 0 Å². The van der Waals surface area contributed by atoms with Gasteiger partial charge >= 0.3 is 0 Å². The second-order valence-electron chi connectivity index (χ2n) is 7.35. The van der Waals surface area contributed by atoms with E-state index in [2.05, 4.69) is 79.7 Å². The van der Waals surface area contributed by atoms with E-state index in [0.29, 0.717) is 12.1 Å². The number of benzene rings is 1. The third kappa shape index (κ3) is 5.73. The summed E-state index contributed by atoms with van der Waals surface area (Å²) in [5.41, 5.74) is 1.27. The molecular formula is C19H31BrIN5. The predicted molar refractivity (Wildman–Crippen MR) is 125 cm³/mol. The summed E-state index contributed by atoms with van der Waals surface area (Å²) >= 11 is 3.66. The second kappa shape index (κ2) is 10.1. The molecule has 1 aromatic rings. The van der Waals surface area contributed by atoms with Crippen molar-refractivity contribution in [1.29, 1.82) is 0 Å². The Morgan fingerprint density at radius 2 is 2.04 bits per heavy atom. The van der Waals surface area contributed by atoms with Gasteiger partial charge < -0.3 is 20.4 Å². The van der Waals surface area contributed by atoms with Crippen LogP contribution in [-0.2, 0) is 0 Å². The number of rotatable bonds is 6. The van der Waals surface area contributed by atoms with E-state index in [1.165, 1.54) is 18.5 Å². The molecule has 1 saturated carbocycles. The third-order valence-corrected chi connectivity index (χ3v) is 5.92. The van der Waals surface area contributed by atoms with Crippen molar-refractivity contribution in [3.05, 3.63) is 28.7 Å². The fourth-order valence-electron chi connectivity index (χ4n) is 3.65. The van der Waals surface area contributed by atoms with E-state index < -0.39 is 0 Å². The van der Waals surface area contributed by atoms with E-state index in [0.717, 1.165) is 42.4 Å². The van der Waals surface area contributed by atoms with Crippen molar-refractivity contribution in [1.82, 2.24) is 15.5 Å². The van der Waals surface area contributed by atoms with Crippen LogP contribution in [0.3, 0.4) is 0 Å². The Kier molecular flexibility index (Phi) is 8.47. The van der Waals surface area contributed by atoms with Crippen LogP contribution in [0.15, 0.2) is 33.7 Å². The van der Waals surface area contributed by atoms with Gasteiger partial charge in [0.2, 0.25) is 0 Å². The molecule has 0 radical (unpaired) electrons. The average molecular weight is 536 g/mol. The number of guanidine groups is 1. The molecule has 1 saturated heterocycles. The Hall–Kier alpha value is -0.540. The molecule has 146 valence electrons.